The topological polar surface area (TPSA) is 50.2 Å². The molecule has 1 unspecified atom stereocenters. The molecule has 0 aliphatic rings. The fraction of sp³-hybridized carbons (Fsp3) is 0.375. The zero-order chi connectivity index (χ0) is 16.1. The van der Waals surface area contributed by atoms with Crippen LogP contribution >= 0.6 is 24.8 Å². The molecule has 1 aromatic heterocycles. The highest BCUT2D eigenvalue weighted by molar-refractivity contribution is 5.85. The van der Waals surface area contributed by atoms with Gasteiger partial charge >= 0.3 is 0 Å². The summed E-state index contributed by atoms with van der Waals surface area (Å²) in [6, 6.07) is 5.98. The van der Waals surface area contributed by atoms with Crippen LogP contribution < -0.4 is 5.32 Å². The maximum Gasteiger partial charge on any atom is 0.224 e. The highest BCUT2D eigenvalue weighted by Gasteiger charge is 2.24. The van der Waals surface area contributed by atoms with Crippen LogP contribution in [0.25, 0.3) is 0 Å². The van der Waals surface area contributed by atoms with Crippen LogP contribution in [0.15, 0.2) is 36.7 Å². The van der Waals surface area contributed by atoms with Crippen molar-refractivity contribution in [1.82, 2.24) is 20.0 Å². The molecule has 0 bridgehead atoms. The van der Waals surface area contributed by atoms with Gasteiger partial charge in [0.05, 0.1) is 12.2 Å². The van der Waals surface area contributed by atoms with Crippen LogP contribution in [0.3, 0.4) is 0 Å². The maximum absolute atomic E-state index is 13.6. The van der Waals surface area contributed by atoms with Gasteiger partial charge in [0.2, 0.25) is 5.91 Å². The fourth-order valence-corrected chi connectivity index (χ4v) is 2.45. The van der Waals surface area contributed by atoms with Crippen molar-refractivity contribution in [3.63, 3.8) is 0 Å². The Labute approximate surface area is 154 Å². The number of rotatable bonds is 6. The molecule has 0 aliphatic carbocycles. The molecule has 1 aromatic carbocycles. The van der Waals surface area contributed by atoms with E-state index in [9.17, 15) is 9.18 Å². The van der Waals surface area contributed by atoms with Crippen LogP contribution in [0.2, 0.25) is 0 Å². The Hall–Kier alpha value is -1.63. The lowest BCUT2D eigenvalue weighted by Gasteiger charge is -2.28. The first-order valence-corrected chi connectivity index (χ1v) is 7.17. The normalized spacial score (nSPS) is 11.2. The number of hydrogen-bond acceptors (Lipinski definition) is 3. The van der Waals surface area contributed by atoms with Crippen molar-refractivity contribution in [2.75, 3.05) is 20.6 Å². The van der Waals surface area contributed by atoms with E-state index in [0.29, 0.717) is 13.0 Å². The smallest absolute Gasteiger partial charge is 0.224 e. The molecular formula is C16H23Cl2FN4O. The quantitative estimate of drug-likeness (QED) is 0.842. The Morgan fingerprint density at radius 1 is 1.38 bits per heavy atom. The predicted octanol–water partition coefficient (Wildman–Crippen LogP) is 2.56. The molecule has 134 valence electrons. The van der Waals surface area contributed by atoms with Crippen LogP contribution in [0.5, 0.6) is 0 Å². The largest absolute Gasteiger partial charge is 0.334 e. The summed E-state index contributed by atoms with van der Waals surface area (Å²) in [6.45, 7) is 0.603. The first-order valence-electron chi connectivity index (χ1n) is 7.17. The molecule has 0 saturated carbocycles. The average Bonchev–Trinajstić information content (AvgIpc) is 2.91. The highest BCUT2D eigenvalue weighted by atomic mass is 35.5. The van der Waals surface area contributed by atoms with E-state index in [4.69, 9.17) is 0 Å². The Kier molecular flexibility index (Phi) is 9.58. The Bertz CT molecular complexity index is 651. The number of amides is 1. The van der Waals surface area contributed by atoms with Gasteiger partial charge in [-0.1, -0.05) is 12.1 Å². The molecule has 2 rings (SSSR count). The van der Waals surface area contributed by atoms with E-state index in [2.05, 4.69) is 10.4 Å². The van der Waals surface area contributed by atoms with Crippen LogP contribution in [0.1, 0.15) is 23.6 Å². The second-order valence-electron chi connectivity index (χ2n) is 5.26. The molecule has 1 atom stereocenters. The lowest BCUT2D eigenvalue weighted by Crippen LogP contribution is -2.33. The van der Waals surface area contributed by atoms with Gasteiger partial charge in [0.25, 0.3) is 0 Å². The minimum absolute atomic E-state index is 0. The summed E-state index contributed by atoms with van der Waals surface area (Å²) in [5, 5.41) is 7.12. The number of aromatic nitrogens is 2. The lowest BCUT2D eigenvalue weighted by atomic mass is 9.99. The van der Waals surface area contributed by atoms with Gasteiger partial charge in [-0.25, -0.2) is 4.39 Å². The molecule has 2 aromatic rings. The summed E-state index contributed by atoms with van der Waals surface area (Å²) in [5.74, 6) is -0.324. The minimum Gasteiger partial charge on any atom is -0.334 e. The van der Waals surface area contributed by atoms with Crippen molar-refractivity contribution < 1.29 is 9.18 Å². The van der Waals surface area contributed by atoms with Gasteiger partial charge in [0.1, 0.15) is 5.82 Å². The zero-order valence-electron chi connectivity index (χ0n) is 13.9. The number of nitrogens with one attached hydrogen (secondary N) is 1. The van der Waals surface area contributed by atoms with Crippen molar-refractivity contribution in [1.29, 1.82) is 0 Å². The molecule has 1 amide bonds. The monoisotopic (exact) mass is 376 g/mol. The van der Waals surface area contributed by atoms with Gasteiger partial charge in [-0.05, 0) is 24.7 Å². The number of carbonyl (C=O) groups is 1. The summed E-state index contributed by atoms with van der Waals surface area (Å²) in [6.07, 6.45) is 3.94. The van der Waals surface area contributed by atoms with Crippen molar-refractivity contribution in [2.45, 2.75) is 12.5 Å². The van der Waals surface area contributed by atoms with E-state index < -0.39 is 0 Å². The Morgan fingerprint density at radius 3 is 2.62 bits per heavy atom. The molecule has 24 heavy (non-hydrogen) atoms. The maximum atomic E-state index is 13.6. The second kappa shape index (κ2) is 10.3. The van der Waals surface area contributed by atoms with Crippen molar-refractivity contribution >= 4 is 30.7 Å². The van der Waals surface area contributed by atoms with Crippen LogP contribution in [-0.2, 0) is 11.8 Å². The minimum atomic E-state index is -0.353. The van der Waals surface area contributed by atoms with Gasteiger partial charge in [0, 0.05) is 38.8 Å². The molecule has 0 radical (unpaired) electrons. The van der Waals surface area contributed by atoms with Crippen LogP contribution in [-0.4, -0.2) is 41.2 Å². The number of carbonyl (C=O) groups excluding carboxylic acids is 1. The first kappa shape index (κ1) is 22.4. The van der Waals surface area contributed by atoms with Gasteiger partial charge in [-0.2, -0.15) is 5.10 Å². The zero-order valence-corrected chi connectivity index (χ0v) is 15.5. The third-order valence-corrected chi connectivity index (χ3v) is 3.57. The molecule has 8 heteroatoms. The van der Waals surface area contributed by atoms with Crippen molar-refractivity contribution in [3.05, 3.63) is 53.6 Å². The molecule has 0 saturated heterocycles. The van der Waals surface area contributed by atoms with Gasteiger partial charge in [-0.3, -0.25) is 9.48 Å². The third kappa shape index (κ3) is 5.47. The fourth-order valence-electron chi connectivity index (χ4n) is 2.45. The molecule has 1 N–H and O–H groups in total. The first-order chi connectivity index (χ1) is 10.5. The van der Waals surface area contributed by atoms with E-state index >= 15 is 0 Å². The standard InChI is InChI=1S/C16H21FN4O.2ClH/c1-18-8-7-15(22)21(3)16(13-10-19-20(2)11-13)12-5-4-6-14(17)9-12;;/h4-6,9-11,16,18H,7-8H2,1-3H3;2*1H. The summed E-state index contributed by atoms with van der Waals surface area (Å²) in [4.78, 5) is 14.0. The molecule has 0 fully saturated rings. The number of hydrogen-bond donors (Lipinski definition) is 1. The SMILES string of the molecule is CNCCC(=O)N(C)C(c1cccc(F)c1)c1cnn(C)c1.Cl.Cl. The number of benzene rings is 1. The molecular weight excluding hydrogens is 354 g/mol. The Balaban J connectivity index is 0.00000264. The predicted molar refractivity (Wildman–Crippen MR) is 97.3 cm³/mol. The average molecular weight is 377 g/mol. The molecule has 5 nitrogen and oxygen atoms in total. The van der Waals surface area contributed by atoms with Crippen LogP contribution in [0.4, 0.5) is 4.39 Å². The van der Waals surface area contributed by atoms with Gasteiger partial charge in [0.15, 0.2) is 0 Å². The van der Waals surface area contributed by atoms with Crippen molar-refractivity contribution in [3.8, 4) is 0 Å². The van der Waals surface area contributed by atoms with E-state index in [1.165, 1.54) is 12.1 Å². The summed E-state index contributed by atoms with van der Waals surface area (Å²) < 4.78 is 15.3. The van der Waals surface area contributed by atoms with E-state index in [-0.39, 0.29) is 42.6 Å². The molecule has 0 aliphatic heterocycles. The summed E-state index contributed by atoms with van der Waals surface area (Å²) in [7, 11) is 5.36. The van der Waals surface area contributed by atoms with E-state index in [1.807, 2.05) is 19.3 Å². The second-order valence-corrected chi connectivity index (χ2v) is 5.26. The number of halogens is 3. The van der Waals surface area contributed by atoms with E-state index in [0.717, 1.165) is 11.1 Å². The Morgan fingerprint density at radius 2 is 2.08 bits per heavy atom. The van der Waals surface area contributed by atoms with Gasteiger partial charge in [-0.15, -0.1) is 24.8 Å². The highest BCUT2D eigenvalue weighted by Crippen LogP contribution is 2.28. The summed E-state index contributed by atoms with van der Waals surface area (Å²) >= 11 is 0. The third-order valence-electron chi connectivity index (χ3n) is 3.57. The van der Waals surface area contributed by atoms with Gasteiger partial charge < -0.3 is 10.2 Å². The number of aryl methyl sites for hydroxylation is 1. The van der Waals surface area contributed by atoms with Crippen LogP contribution in [0, 0.1) is 5.82 Å². The van der Waals surface area contributed by atoms with E-state index in [1.54, 1.807) is 35.9 Å². The summed E-state index contributed by atoms with van der Waals surface area (Å²) in [5.41, 5.74) is 1.58. The molecule has 0 spiro atoms. The molecule has 1 heterocycles. The number of nitrogens with zero attached hydrogens (tertiary/aromatic N) is 3. The van der Waals surface area contributed by atoms with Crippen molar-refractivity contribution in [2.24, 2.45) is 7.05 Å². The lowest BCUT2D eigenvalue weighted by molar-refractivity contribution is -0.131.